The first-order valence-corrected chi connectivity index (χ1v) is 8.20. The molecule has 0 bridgehead atoms. The highest BCUT2D eigenvalue weighted by Gasteiger charge is 2.10. The highest BCUT2D eigenvalue weighted by Crippen LogP contribution is 2.09. The second kappa shape index (κ2) is 7.29. The molecule has 0 saturated carbocycles. The topological polar surface area (TPSA) is 101 Å². The zero-order valence-corrected chi connectivity index (χ0v) is 14.3. The molecule has 2 heterocycles. The first-order valence-electron chi connectivity index (χ1n) is 8.20. The molecule has 0 unspecified atom stereocenters. The van der Waals surface area contributed by atoms with E-state index < -0.39 is 0 Å². The summed E-state index contributed by atoms with van der Waals surface area (Å²) in [4.78, 5) is 35.3. The molecule has 1 aromatic carbocycles. The number of hydrogen-bond donors (Lipinski definition) is 2. The number of oxazole rings is 1. The van der Waals surface area contributed by atoms with E-state index in [2.05, 4.69) is 20.3 Å². The Kier molecular flexibility index (Phi) is 4.92. The molecule has 1 amide bonds. The van der Waals surface area contributed by atoms with Crippen molar-refractivity contribution < 1.29 is 9.21 Å². The number of fused-ring (bicyclic) bond motifs is 1. The maximum absolute atomic E-state index is 12.0. The maximum atomic E-state index is 12.0. The third-order valence-corrected chi connectivity index (χ3v) is 3.93. The zero-order valence-electron chi connectivity index (χ0n) is 14.3. The molecule has 0 aliphatic rings. The van der Waals surface area contributed by atoms with Crippen LogP contribution in [0.15, 0.2) is 33.5 Å². The number of nitrogens with zero attached hydrogens (tertiary/aromatic N) is 2. The Balaban J connectivity index is 1.53. The highest BCUT2D eigenvalue weighted by molar-refractivity contribution is 5.76. The van der Waals surface area contributed by atoms with Gasteiger partial charge in [0.2, 0.25) is 5.91 Å². The van der Waals surface area contributed by atoms with E-state index in [1.807, 2.05) is 25.1 Å². The fraction of sp³-hybridized carbons (Fsp3) is 0.333. The molecule has 25 heavy (non-hydrogen) atoms. The van der Waals surface area contributed by atoms with Gasteiger partial charge in [-0.3, -0.25) is 9.59 Å². The number of aromatic nitrogens is 3. The van der Waals surface area contributed by atoms with Gasteiger partial charge in [-0.1, -0.05) is 12.1 Å². The van der Waals surface area contributed by atoms with Crippen LogP contribution in [0.4, 0.5) is 0 Å². The average molecular weight is 340 g/mol. The van der Waals surface area contributed by atoms with Crippen LogP contribution in [0.25, 0.3) is 11.0 Å². The van der Waals surface area contributed by atoms with Gasteiger partial charge in [-0.2, -0.15) is 0 Å². The van der Waals surface area contributed by atoms with Gasteiger partial charge in [0.1, 0.15) is 11.5 Å². The van der Waals surface area contributed by atoms with Gasteiger partial charge in [0.15, 0.2) is 5.89 Å². The minimum atomic E-state index is -0.251. The van der Waals surface area contributed by atoms with E-state index in [1.54, 1.807) is 13.0 Å². The van der Waals surface area contributed by atoms with Crippen molar-refractivity contribution >= 4 is 16.9 Å². The second-order valence-electron chi connectivity index (χ2n) is 5.87. The van der Waals surface area contributed by atoms with Crippen molar-refractivity contribution in [2.45, 2.75) is 33.1 Å². The Hall–Kier alpha value is -2.96. The molecule has 0 fully saturated rings. The zero-order chi connectivity index (χ0) is 17.8. The van der Waals surface area contributed by atoms with Gasteiger partial charge in [0, 0.05) is 32.7 Å². The molecular weight excluding hydrogens is 320 g/mol. The van der Waals surface area contributed by atoms with E-state index in [4.69, 9.17) is 4.42 Å². The molecule has 0 radical (unpaired) electrons. The molecule has 2 N–H and O–H groups in total. The lowest BCUT2D eigenvalue weighted by atomic mass is 10.2. The largest absolute Gasteiger partial charge is 0.446 e. The summed E-state index contributed by atoms with van der Waals surface area (Å²) in [5.74, 6) is 1.29. The van der Waals surface area contributed by atoms with Gasteiger partial charge in [-0.05, 0) is 19.1 Å². The Morgan fingerprint density at radius 1 is 1.20 bits per heavy atom. The number of aryl methyl sites for hydroxylation is 3. The Labute approximate surface area is 144 Å². The van der Waals surface area contributed by atoms with Crippen molar-refractivity contribution in [1.82, 2.24) is 20.3 Å². The fourth-order valence-corrected chi connectivity index (χ4v) is 2.68. The van der Waals surface area contributed by atoms with Gasteiger partial charge in [0.05, 0.1) is 16.7 Å². The molecule has 2 aromatic heterocycles. The summed E-state index contributed by atoms with van der Waals surface area (Å²) in [6.45, 7) is 4.14. The molecule has 3 aromatic rings. The highest BCUT2D eigenvalue weighted by atomic mass is 16.4. The van der Waals surface area contributed by atoms with E-state index in [-0.39, 0.29) is 17.9 Å². The van der Waals surface area contributed by atoms with Crippen molar-refractivity contribution in [2.75, 3.05) is 6.54 Å². The Bertz CT molecular complexity index is 958. The van der Waals surface area contributed by atoms with Crippen LogP contribution in [0.3, 0.4) is 0 Å². The summed E-state index contributed by atoms with van der Waals surface area (Å²) in [6, 6.07) is 7.33. The predicted octanol–water partition coefficient (Wildman–Crippen LogP) is 1.82. The average Bonchev–Trinajstić information content (AvgIpc) is 2.90. The van der Waals surface area contributed by atoms with Crippen LogP contribution in [0.1, 0.15) is 29.5 Å². The van der Waals surface area contributed by atoms with Gasteiger partial charge >= 0.3 is 0 Å². The van der Waals surface area contributed by atoms with Crippen LogP contribution in [-0.4, -0.2) is 27.4 Å². The van der Waals surface area contributed by atoms with Crippen molar-refractivity contribution in [2.24, 2.45) is 0 Å². The van der Waals surface area contributed by atoms with E-state index in [9.17, 15) is 9.59 Å². The monoisotopic (exact) mass is 340 g/mol. The molecule has 0 aliphatic heterocycles. The summed E-state index contributed by atoms with van der Waals surface area (Å²) >= 11 is 0. The number of aromatic amines is 1. The standard InChI is InChI=1S/C18H20N4O3/c1-11-16(25-12(2)20-11)9-10-19-17(23)8-7-15-18(24)22-14-6-4-3-5-13(14)21-15/h3-6H,7-10H2,1-2H3,(H,19,23)(H,22,24). The normalized spacial score (nSPS) is 11.0. The molecule has 0 saturated heterocycles. The Morgan fingerprint density at radius 2 is 2.00 bits per heavy atom. The van der Waals surface area contributed by atoms with Crippen molar-refractivity contribution in [1.29, 1.82) is 0 Å². The van der Waals surface area contributed by atoms with Crippen molar-refractivity contribution in [3.05, 3.63) is 57.7 Å². The van der Waals surface area contributed by atoms with Crippen LogP contribution >= 0.6 is 0 Å². The minimum Gasteiger partial charge on any atom is -0.446 e. The van der Waals surface area contributed by atoms with Gasteiger partial charge in [0.25, 0.3) is 5.56 Å². The fourth-order valence-electron chi connectivity index (χ4n) is 2.68. The van der Waals surface area contributed by atoms with Crippen molar-refractivity contribution in [3.8, 4) is 0 Å². The van der Waals surface area contributed by atoms with E-state index >= 15 is 0 Å². The van der Waals surface area contributed by atoms with E-state index in [0.29, 0.717) is 42.0 Å². The number of nitrogens with one attached hydrogen (secondary N) is 2. The lowest BCUT2D eigenvalue weighted by Gasteiger charge is -2.05. The number of H-pyrrole nitrogens is 1. The second-order valence-corrected chi connectivity index (χ2v) is 5.87. The number of amides is 1. The van der Waals surface area contributed by atoms with Gasteiger partial charge in [-0.25, -0.2) is 9.97 Å². The number of rotatable bonds is 6. The molecule has 7 nitrogen and oxygen atoms in total. The summed E-state index contributed by atoms with van der Waals surface area (Å²) in [5.41, 5.74) is 2.38. The third kappa shape index (κ3) is 4.12. The molecular formula is C18H20N4O3. The minimum absolute atomic E-state index is 0.122. The molecule has 0 atom stereocenters. The first-order chi connectivity index (χ1) is 12.0. The van der Waals surface area contributed by atoms with Crippen LogP contribution in [0.2, 0.25) is 0 Å². The van der Waals surface area contributed by atoms with Crippen LogP contribution < -0.4 is 10.9 Å². The summed E-state index contributed by atoms with van der Waals surface area (Å²) < 4.78 is 5.46. The van der Waals surface area contributed by atoms with Gasteiger partial charge in [-0.15, -0.1) is 0 Å². The molecule has 130 valence electrons. The number of para-hydroxylation sites is 2. The lowest BCUT2D eigenvalue weighted by molar-refractivity contribution is -0.121. The van der Waals surface area contributed by atoms with Crippen LogP contribution in [0, 0.1) is 13.8 Å². The number of carbonyl (C=O) groups excluding carboxylic acids is 1. The number of benzene rings is 1. The lowest BCUT2D eigenvalue weighted by Crippen LogP contribution is -2.27. The molecule has 0 aliphatic carbocycles. The summed E-state index contributed by atoms with van der Waals surface area (Å²) in [6.07, 6.45) is 1.10. The smallest absolute Gasteiger partial charge is 0.270 e. The predicted molar refractivity (Wildman–Crippen MR) is 93.4 cm³/mol. The van der Waals surface area contributed by atoms with Crippen LogP contribution in [0.5, 0.6) is 0 Å². The van der Waals surface area contributed by atoms with Crippen molar-refractivity contribution in [3.63, 3.8) is 0 Å². The molecule has 0 spiro atoms. The van der Waals surface area contributed by atoms with E-state index in [0.717, 1.165) is 11.5 Å². The summed E-state index contributed by atoms with van der Waals surface area (Å²) in [5, 5.41) is 2.83. The Morgan fingerprint density at radius 3 is 2.76 bits per heavy atom. The number of carbonyl (C=O) groups is 1. The van der Waals surface area contributed by atoms with E-state index in [1.165, 1.54) is 0 Å². The van der Waals surface area contributed by atoms with Gasteiger partial charge < -0.3 is 14.7 Å². The SMILES string of the molecule is Cc1nc(C)c(CCNC(=O)CCc2nc3ccccc3[nH]c2=O)o1. The number of hydrogen-bond acceptors (Lipinski definition) is 5. The van der Waals surface area contributed by atoms with Crippen LogP contribution in [-0.2, 0) is 17.6 Å². The quantitative estimate of drug-likeness (QED) is 0.713. The molecule has 7 heteroatoms. The first kappa shape index (κ1) is 16.9. The molecule has 3 rings (SSSR count). The summed E-state index contributed by atoms with van der Waals surface area (Å²) in [7, 11) is 0. The third-order valence-electron chi connectivity index (χ3n) is 3.93. The maximum Gasteiger partial charge on any atom is 0.270 e.